The van der Waals surface area contributed by atoms with Crippen molar-refractivity contribution in [3.05, 3.63) is 23.9 Å². The molecule has 4 heteroatoms. The lowest BCUT2D eigenvalue weighted by molar-refractivity contribution is 0.150. The van der Waals surface area contributed by atoms with Crippen molar-refractivity contribution in [2.45, 2.75) is 24.1 Å². The van der Waals surface area contributed by atoms with E-state index in [9.17, 15) is 5.11 Å². The molecule has 0 aliphatic rings. The standard InChI is InChI=1S/C9H14N2OS/c1-6(10)8(12)7-4-3-5-11-9(7)13-2/h3-6,8,12H,10H2,1-2H3. The fraction of sp³-hybridized carbons (Fsp3) is 0.444. The van der Waals surface area contributed by atoms with Gasteiger partial charge in [-0.15, -0.1) is 11.8 Å². The van der Waals surface area contributed by atoms with Crippen LogP contribution in [0.3, 0.4) is 0 Å². The van der Waals surface area contributed by atoms with Gasteiger partial charge in [-0.3, -0.25) is 0 Å². The van der Waals surface area contributed by atoms with Gasteiger partial charge in [-0.05, 0) is 19.2 Å². The average molecular weight is 198 g/mol. The van der Waals surface area contributed by atoms with Crippen LogP contribution >= 0.6 is 11.8 Å². The molecule has 0 aromatic carbocycles. The van der Waals surface area contributed by atoms with Crippen LogP contribution in [0, 0.1) is 0 Å². The molecule has 1 rings (SSSR count). The molecular weight excluding hydrogens is 184 g/mol. The maximum absolute atomic E-state index is 9.73. The summed E-state index contributed by atoms with van der Waals surface area (Å²) in [5.74, 6) is 0. The number of hydrogen-bond acceptors (Lipinski definition) is 4. The predicted molar refractivity (Wildman–Crippen MR) is 54.6 cm³/mol. The van der Waals surface area contributed by atoms with Crippen LogP contribution in [0.25, 0.3) is 0 Å². The first-order valence-electron chi connectivity index (χ1n) is 4.09. The van der Waals surface area contributed by atoms with E-state index in [1.165, 1.54) is 11.8 Å². The highest BCUT2D eigenvalue weighted by Gasteiger charge is 2.15. The molecule has 0 radical (unpaired) electrons. The number of nitrogens with zero attached hydrogens (tertiary/aromatic N) is 1. The minimum atomic E-state index is -0.629. The lowest BCUT2D eigenvalue weighted by Crippen LogP contribution is -2.24. The summed E-state index contributed by atoms with van der Waals surface area (Å²) in [7, 11) is 0. The first-order valence-corrected chi connectivity index (χ1v) is 5.32. The summed E-state index contributed by atoms with van der Waals surface area (Å²) >= 11 is 1.51. The van der Waals surface area contributed by atoms with Crippen LogP contribution in [0.2, 0.25) is 0 Å². The Morgan fingerprint density at radius 3 is 2.85 bits per heavy atom. The second-order valence-corrected chi connectivity index (χ2v) is 3.70. The molecular formula is C9H14N2OS. The Kier molecular flexibility index (Phi) is 3.71. The van der Waals surface area contributed by atoms with Gasteiger partial charge >= 0.3 is 0 Å². The second-order valence-electron chi connectivity index (χ2n) is 2.91. The Balaban J connectivity index is 2.98. The van der Waals surface area contributed by atoms with E-state index in [2.05, 4.69) is 4.98 Å². The van der Waals surface area contributed by atoms with Gasteiger partial charge in [0.1, 0.15) is 5.03 Å². The van der Waals surface area contributed by atoms with E-state index >= 15 is 0 Å². The number of aliphatic hydroxyl groups is 1. The van der Waals surface area contributed by atoms with Crippen molar-refractivity contribution < 1.29 is 5.11 Å². The molecule has 0 saturated carbocycles. The molecule has 0 saturated heterocycles. The third-order valence-corrected chi connectivity index (χ3v) is 2.54. The van der Waals surface area contributed by atoms with Gasteiger partial charge in [0.2, 0.25) is 0 Å². The summed E-state index contributed by atoms with van der Waals surface area (Å²) in [4.78, 5) is 4.15. The van der Waals surface area contributed by atoms with E-state index in [1.54, 1.807) is 19.2 Å². The first kappa shape index (κ1) is 10.5. The van der Waals surface area contributed by atoms with Crippen molar-refractivity contribution in [1.82, 2.24) is 4.98 Å². The molecule has 1 heterocycles. The summed E-state index contributed by atoms with van der Waals surface area (Å²) in [5.41, 5.74) is 6.41. The first-order chi connectivity index (χ1) is 6.16. The van der Waals surface area contributed by atoms with Gasteiger partial charge in [0.25, 0.3) is 0 Å². The van der Waals surface area contributed by atoms with Crippen LogP contribution in [-0.4, -0.2) is 22.4 Å². The molecule has 72 valence electrons. The number of aliphatic hydroxyl groups excluding tert-OH is 1. The predicted octanol–water partition coefficient (Wildman–Crippen LogP) is 1.18. The minimum Gasteiger partial charge on any atom is -0.387 e. The monoisotopic (exact) mass is 198 g/mol. The van der Waals surface area contributed by atoms with Crippen molar-refractivity contribution in [1.29, 1.82) is 0 Å². The van der Waals surface area contributed by atoms with Crippen LogP contribution in [0.5, 0.6) is 0 Å². The topological polar surface area (TPSA) is 59.1 Å². The molecule has 0 amide bonds. The Morgan fingerprint density at radius 2 is 2.31 bits per heavy atom. The molecule has 2 atom stereocenters. The van der Waals surface area contributed by atoms with Crippen molar-refractivity contribution in [3.63, 3.8) is 0 Å². The van der Waals surface area contributed by atoms with Crippen molar-refractivity contribution >= 4 is 11.8 Å². The molecule has 0 spiro atoms. The SMILES string of the molecule is CSc1ncccc1C(O)C(C)N. The molecule has 13 heavy (non-hydrogen) atoms. The average Bonchev–Trinajstić information content (AvgIpc) is 2.16. The number of hydrogen-bond donors (Lipinski definition) is 2. The van der Waals surface area contributed by atoms with Crippen LogP contribution in [-0.2, 0) is 0 Å². The van der Waals surface area contributed by atoms with Gasteiger partial charge in [-0.2, -0.15) is 0 Å². The number of thioether (sulfide) groups is 1. The number of rotatable bonds is 3. The highest BCUT2D eigenvalue weighted by Crippen LogP contribution is 2.24. The molecule has 0 bridgehead atoms. The zero-order valence-corrected chi connectivity index (χ0v) is 8.58. The Labute approximate surface area is 82.4 Å². The summed E-state index contributed by atoms with van der Waals surface area (Å²) in [6, 6.07) is 3.39. The van der Waals surface area contributed by atoms with Gasteiger partial charge in [0.15, 0.2) is 0 Å². The molecule has 0 aliphatic heterocycles. The maximum atomic E-state index is 9.73. The summed E-state index contributed by atoms with van der Waals surface area (Å²) < 4.78 is 0. The van der Waals surface area contributed by atoms with Crippen LogP contribution in [0.15, 0.2) is 23.4 Å². The summed E-state index contributed by atoms with van der Waals surface area (Å²) in [5, 5.41) is 10.6. The Morgan fingerprint density at radius 1 is 1.62 bits per heavy atom. The van der Waals surface area contributed by atoms with Gasteiger partial charge in [0.05, 0.1) is 6.10 Å². The molecule has 1 aromatic rings. The maximum Gasteiger partial charge on any atom is 0.102 e. The highest BCUT2D eigenvalue weighted by atomic mass is 32.2. The smallest absolute Gasteiger partial charge is 0.102 e. The van der Waals surface area contributed by atoms with Crippen LogP contribution < -0.4 is 5.73 Å². The summed E-state index contributed by atoms with van der Waals surface area (Å²) in [6.07, 6.45) is 3.01. The number of pyridine rings is 1. The third-order valence-electron chi connectivity index (χ3n) is 1.81. The molecule has 3 N–H and O–H groups in total. The molecule has 2 unspecified atom stereocenters. The van der Waals surface area contributed by atoms with Gasteiger partial charge < -0.3 is 10.8 Å². The van der Waals surface area contributed by atoms with E-state index in [1.807, 2.05) is 12.3 Å². The second kappa shape index (κ2) is 4.60. The quantitative estimate of drug-likeness (QED) is 0.716. The van der Waals surface area contributed by atoms with Crippen molar-refractivity contribution in [2.75, 3.05) is 6.26 Å². The lowest BCUT2D eigenvalue weighted by Gasteiger charge is -2.16. The number of aromatic nitrogens is 1. The molecule has 1 aromatic heterocycles. The van der Waals surface area contributed by atoms with E-state index < -0.39 is 6.10 Å². The van der Waals surface area contributed by atoms with Crippen LogP contribution in [0.4, 0.5) is 0 Å². The largest absolute Gasteiger partial charge is 0.387 e. The van der Waals surface area contributed by atoms with E-state index in [0.717, 1.165) is 10.6 Å². The van der Waals surface area contributed by atoms with Gasteiger partial charge in [0, 0.05) is 17.8 Å². The molecule has 0 aliphatic carbocycles. The molecule has 3 nitrogen and oxygen atoms in total. The molecule has 0 fully saturated rings. The normalized spacial score (nSPS) is 15.4. The lowest BCUT2D eigenvalue weighted by atomic mass is 10.1. The zero-order valence-electron chi connectivity index (χ0n) is 7.77. The fourth-order valence-corrected chi connectivity index (χ4v) is 1.67. The third kappa shape index (κ3) is 2.43. The fourth-order valence-electron chi connectivity index (χ4n) is 1.08. The summed E-state index contributed by atoms with van der Waals surface area (Å²) in [6.45, 7) is 1.78. The van der Waals surface area contributed by atoms with E-state index in [0.29, 0.717) is 0 Å². The minimum absolute atomic E-state index is 0.268. The highest BCUT2D eigenvalue weighted by molar-refractivity contribution is 7.98. The van der Waals surface area contributed by atoms with E-state index in [4.69, 9.17) is 5.73 Å². The van der Waals surface area contributed by atoms with Crippen LogP contribution in [0.1, 0.15) is 18.6 Å². The Bertz CT molecular complexity index is 278. The zero-order chi connectivity index (χ0) is 9.84. The van der Waals surface area contributed by atoms with Crippen molar-refractivity contribution in [2.24, 2.45) is 5.73 Å². The number of nitrogens with two attached hydrogens (primary N) is 1. The van der Waals surface area contributed by atoms with Gasteiger partial charge in [-0.1, -0.05) is 6.07 Å². The van der Waals surface area contributed by atoms with E-state index in [-0.39, 0.29) is 6.04 Å². The van der Waals surface area contributed by atoms with Gasteiger partial charge in [-0.25, -0.2) is 4.98 Å². The van der Waals surface area contributed by atoms with Crippen molar-refractivity contribution in [3.8, 4) is 0 Å². The Hall–Kier alpha value is -0.580.